The summed E-state index contributed by atoms with van der Waals surface area (Å²) in [6.07, 6.45) is 12.3. The highest BCUT2D eigenvalue weighted by atomic mass is 16.5. The minimum Gasteiger partial charge on any atom is -0.377 e. The molecule has 123 heavy (non-hydrogen) atoms. The molecule has 2 unspecified atom stereocenters. The summed E-state index contributed by atoms with van der Waals surface area (Å²) in [5, 5.41) is 13.4. The third-order valence-electron chi connectivity index (χ3n) is 23.9. The van der Waals surface area contributed by atoms with Crippen molar-refractivity contribution >= 4 is 97.0 Å². The van der Waals surface area contributed by atoms with Gasteiger partial charge in [0.2, 0.25) is 23.6 Å². The molecule has 0 aliphatic carbocycles. The van der Waals surface area contributed by atoms with E-state index >= 15 is 0 Å². The number of nitrogens with zero attached hydrogens (tertiary/aromatic N) is 7. The summed E-state index contributed by atoms with van der Waals surface area (Å²) < 4.78 is 15.6. The highest BCUT2D eigenvalue weighted by Gasteiger charge is 2.25. The summed E-state index contributed by atoms with van der Waals surface area (Å²) in [6, 6.07) is 79.1. The number of nitrogens with one attached hydrogen (secondary N) is 4. The first-order valence-electron chi connectivity index (χ1n) is 43.7. The second-order valence-corrected chi connectivity index (χ2v) is 33.9. The number of aryl methyl sites for hydroxylation is 2. The van der Waals surface area contributed by atoms with E-state index in [1.54, 1.807) is 58.7 Å². The molecule has 0 bridgehead atoms. The number of hydrogen-bond donors (Lipinski definition) is 4. The summed E-state index contributed by atoms with van der Waals surface area (Å²) in [4.78, 5) is 67.7. The quantitative estimate of drug-likeness (QED) is 0.0541. The van der Waals surface area contributed by atoms with Crippen LogP contribution in [0.1, 0.15) is 204 Å². The minimum atomic E-state index is -0.209. The predicted octanol–water partition coefficient (Wildman–Crippen LogP) is 22.5. The van der Waals surface area contributed by atoms with Gasteiger partial charge in [-0.3, -0.25) is 19.2 Å². The monoisotopic (exact) mass is 1650 g/mol. The molecule has 4 N–H and O–H groups in total. The number of rotatable bonds is 21. The van der Waals surface area contributed by atoms with Crippen LogP contribution in [0.25, 0.3) is 21.8 Å². The van der Waals surface area contributed by atoms with Crippen molar-refractivity contribution in [2.75, 3.05) is 94.9 Å². The molecule has 10 aromatic carbocycles. The Labute approximate surface area is 728 Å². The van der Waals surface area contributed by atoms with Crippen molar-refractivity contribution in [1.29, 1.82) is 0 Å². The molecule has 18 heteroatoms. The lowest BCUT2D eigenvalue weighted by Gasteiger charge is -2.32. The van der Waals surface area contributed by atoms with E-state index in [4.69, 9.17) is 9.47 Å². The molecule has 1 saturated heterocycles. The Kier molecular flexibility index (Phi) is 31.1. The Balaban J connectivity index is 0.000000140. The van der Waals surface area contributed by atoms with Crippen LogP contribution >= 0.6 is 0 Å². The van der Waals surface area contributed by atoms with Gasteiger partial charge in [-0.05, 0) is 245 Å². The molecular weight excluding hydrogens is 1530 g/mol. The summed E-state index contributed by atoms with van der Waals surface area (Å²) in [6.45, 7) is 30.1. The van der Waals surface area contributed by atoms with Gasteiger partial charge in [-0.15, -0.1) is 0 Å². The molecule has 4 aliphatic rings. The Bertz CT molecular complexity index is 5550. The van der Waals surface area contributed by atoms with Crippen LogP contribution in [0.3, 0.4) is 0 Å². The lowest BCUT2D eigenvalue weighted by atomic mass is 9.99. The van der Waals surface area contributed by atoms with Gasteiger partial charge in [0, 0.05) is 195 Å². The number of ether oxygens (including phenoxy) is 2. The fourth-order valence-electron chi connectivity index (χ4n) is 16.4. The number of carbonyl (C=O) groups is 5. The van der Waals surface area contributed by atoms with E-state index in [0.29, 0.717) is 17.8 Å². The standard InChI is InChI=1S/C22H26N2O2.C21H26N2O2.C21H26N2O.C21H24N2O.C20H23N3O/c1-16(25)23-20-10-11-21-19(14-20)4-2-12-24(21)15-17-6-8-18(9-7-17)22-5-3-13-26-22;1-15(25-3)18-8-6-17(7-9-18)14-23-12-4-5-19-13-20(22-16(2)24)10-11-21(19)23;2*1-15(2)18-7-5-17(6-8-18)14-23-12-11-19-13-20(9-10-21(19)23)22(4)16(3)24;1-14(2)16-6-4-15(5-7-16)13-23-11-10-17-12-18(8-9-19(17)23)22-20(24)21-3/h6-11,14,22H,2-5,12-13,15H2,1H3,(H,23,25);6-11,13,15H,4-5,12,14H2,1-3H3,(H,22,24);5-10,13,15H,11-12,14H2,1-4H3;5-13,15H,14H2,1-4H3;4-12,14H,13H2,1-3H3,(H2,21,22,24). The third kappa shape index (κ3) is 24.4. The maximum absolute atomic E-state index is 11.5. The molecule has 2 aromatic heterocycles. The molecule has 2 atom stereocenters. The zero-order chi connectivity index (χ0) is 87.4. The van der Waals surface area contributed by atoms with Gasteiger partial charge in [-0.1, -0.05) is 163 Å². The first-order chi connectivity index (χ1) is 59.2. The molecule has 0 spiro atoms. The molecule has 642 valence electrons. The van der Waals surface area contributed by atoms with Crippen molar-refractivity contribution in [3.8, 4) is 0 Å². The zero-order valence-corrected chi connectivity index (χ0v) is 74.7. The molecule has 4 aliphatic heterocycles. The van der Waals surface area contributed by atoms with Crippen LogP contribution in [-0.2, 0) is 80.6 Å². The molecule has 1 fully saturated rings. The van der Waals surface area contributed by atoms with E-state index in [9.17, 15) is 24.0 Å². The first-order valence-corrected chi connectivity index (χ1v) is 43.7. The second kappa shape index (κ2) is 42.5. The molecular formula is C105H125N11O7. The normalized spacial score (nSPS) is 14.0. The van der Waals surface area contributed by atoms with E-state index < -0.39 is 0 Å². The number of amides is 6. The van der Waals surface area contributed by atoms with Crippen LogP contribution in [0.2, 0.25) is 0 Å². The number of urea groups is 1. The van der Waals surface area contributed by atoms with E-state index in [1.807, 2.05) is 49.5 Å². The zero-order valence-electron chi connectivity index (χ0n) is 74.7. The van der Waals surface area contributed by atoms with Gasteiger partial charge >= 0.3 is 6.03 Å². The average molecular weight is 1650 g/mol. The van der Waals surface area contributed by atoms with Crippen LogP contribution in [0, 0.1) is 0 Å². The number of methoxy groups -OCH3 is 1. The fourth-order valence-corrected chi connectivity index (χ4v) is 16.4. The molecule has 18 nitrogen and oxygen atoms in total. The van der Waals surface area contributed by atoms with Crippen molar-refractivity contribution in [1.82, 2.24) is 14.5 Å². The van der Waals surface area contributed by atoms with Crippen molar-refractivity contribution in [2.45, 2.75) is 184 Å². The third-order valence-corrected chi connectivity index (χ3v) is 23.9. The van der Waals surface area contributed by atoms with Gasteiger partial charge in [0.25, 0.3) is 0 Å². The topological polar surface area (TPSA) is 178 Å². The number of benzene rings is 10. The maximum Gasteiger partial charge on any atom is 0.318 e. The number of hydrogen-bond acceptors (Lipinski definition) is 10. The van der Waals surface area contributed by atoms with Crippen molar-refractivity contribution in [2.24, 2.45) is 0 Å². The molecule has 16 rings (SSSR count). The SMILES string of the molecule is CC(=O)N(C)c1ccc2c(c1)CCN2Cc1ccc(C(C)C)cc1.CC(=O)N(C)c1ccc2c(ccn2Cc2ccc(C(C)C)cc2)c1.CC(=O)Nc1ccc2c(c1)CCCN2Cc1ccc(C2CCCO2)cc1.CNC(=O)Nc1ccc2c(ccn2Cc2ccc(C(C)C)cc2)c1.COC(C)c1ccc(CN2CCCc3cc(NC(C)=O)ccc32)cc1. The van der Waals surface area contributed by atoms with E-state index in [2.05, 4.69) is 288 Å². The Morgan fingerprint density at radius 2 is 0.797 bits per heavy atom. The van der Waals surface area contributed by atoms with E-state index in [-0.39, 0.29) is 41.9 Å². The van der Waals surface area contributed by atoms with Gasteiger partial charge in [0.05, 0.1) is 12.2 Å². The highest BCUT2D eigenvalue weighted by molar-refractivity contribution is 5.96. The van der Waals surface area contributed by atoms with Gasteiger partial charge in [-0.25, -0.2) is 4.79 Å². The number of anilines is 8. The van der Waals surface area contributed by atoms with Gasteiger partial charge in [-0.2, -0.15) is 0 Å². The van der Waals surface area contributed by atoms with Crippen LogP contribution in [-0.4, -0.2) is 93.3 Å². The minimum absolute atomic E-state index is 0.0241. The Hall–Kier alpha value is -12.3. The molecule has 6 amide bonds. The summed E-state index contributed by atoms with van der Waals surface area (Å²) in [5.74, 6) is 1.74. The van der Waals surface area contributed by atoms with Crippen molar-refractivity contribution in [3.05, 3.63) is 309 Å². The molecule has 0 radical (unpaired) electrons. The number of fused-ring (bicyclic) bond motifs is 5. The second-order valence-electron chi connectivity index (χ2n) is 33.9. The predicted molar refractivity (Wildman–Crippen MR) is 508 cm³/mol. The van der Waals surface area contributed by atoms with Crippen LogP contribution in [0.5, 0.6) is 0 Å². The summed E-state index contributed by atoms with van der Waals surface area (Å²) >= 11 is 0. The van der Waals surface area contributed by atoms with Gasteiger partial charge in [0.1, 0.15) is 0 Å². The van der Waals surface area contributed by atoms with Gasteiger partial charge in [0.15, 0.2) is 0 Å². The first kappa shape index (κ1) is 90.0. The van der Waals surface area contributed by atoms with Crippen molar-refractivity contribution < 1.29 is 33.4 Å². The largest absolute Gasteiger partial charge is 0.377 e. The Morgan fingerprint density at radius 1 is 0.415 bits per heavy atom. The average Bonchev–Trinajstić information content (AvgIpc) is 1.71. The van der Waals surface area contributed by atoms with Crippen LogP contribution in [0.4, 0.5) is 50.3 Å². The van der Waals surface area contributed by atoms with E-state index in [1.165, 1.54) is 94.9 Å². The van der Waals surface area contributed by atoms with Gasteiger partial charge < -0.3 is 64.4 Å². The fraction of sp³-hybridized carbons (Fsp3) is 0.343. The lowest BCUT2D eigenvalue weighted by molar-refractivity contribution is -0.117. The highest BCUT2D eigenvalue weighted by Crippen LogP contribution is 2.37. The molecule has 12 aromatic rings. The molecule has 6 heterocycles. The smallest absolute Gasteiger partial charge is 0.318 e. The van der Waals surface area contributed by atoms with Crippen LogP contribution < -0.4 is 45.8 Å². The van der Waals surface area contributed by atoms with E-state index in [0.717, 1.165) is 149 Å². The maximum atomic E-state index is 11.5. The summed E-state index contributed by atoms with van der Waals surface area (Å²) in [7, 11) is 6.97. The number of carbonyl (C=O) groups excluding carboxylic acids is 5. The van der Waals surface area contributed by atoms with Crippen LogP contribution in [0.15, 0.2) is 237 Å². The number of aromatic nitrogens is 2. The lowest BCUT2D eigenvalue weighted by Crippen LogP contribution is -2.28. The molecule has 0 saturated carbocycles. The summed E-state index contributed by atoms with van der Waals surface area (Å²) in [5.41, 5.74) is 27.8. The Morgan fingerprint density at radius 3 is 1.22 bits per heavy atom. The van der Waals surface area contributed by atoms with Crippen molar-refractivity contribution in [3.63, 3.8) is 0 Å².